The summed E-state index contributed by atoms with van der Waals surface area (Å²) >= 11 is 6.05. The Morgan fingerprint density at radius 2 is 2.06 bits per heavy atom. The molecule has 0 aromatic rings. The van der Waals surface area contributed by atoms with E-state index in [1.807, 2.05) is 6.92 Å². The van der Waals surface area contributed by atoms with E-state index in [0.717, 1.165) is 12.7 Å². The standard InChI is InChI=1S/C10H18ClNO3S/c1-7-6-12(5-4-9(7)11)10(13)8(2)16(3,14)15/h7-9H,4-6H2,1-3H3. The van der Waals surface area contributed by atoms with E-state index in [1.165, 1.54) is 6.92 Å². The van der Waals surface area contributed by atoms with Gasteiger partial charge in [0.25, 0.3) is 0 Å². The van der Waals surface area contributed by atoms with Crippen molar-refractivity contribution in [3.63, 3.8) is 0 Å². The molecule has 3 atom stereocenters. The van der Waals surface area contributed by atoms with Crippen LogP contribution in [0.4, 0.5) is 0 Å². The van der Waals surface area contributed by atoms with Gasteiger partial charge in [-0.15, -0.1) is 11.6 Å². The Hall–Kier alpha value is -0.290. The Morgan fingerprint density at radius 1 is 1.50 bits per heavy atom. The lowest BCUT2D eigenvalue weighted by molar-refractivity contribution is -0.132. The number of sulfone groups is 1. The van der Waals surface area contributed by atoms with Gasteiger partial charge in [-0.1, -0.05) is 6.92 Å². The highest BCUT2D eigenvalue weighted by molar-refractivity contribution is 7.92. The Morgan fingerprint density at radius 3 is 2.50 bits per heavy atom. The van der Waals surface area contributed by atoms with Gasteiger partial charge in [0, 0.05) is 24.7 Å². The van der Waals surface area contributed by atoms with Crippen molar-refractivity contribution >= 4 is 27.3 Å². The van der Waals surface area contributed by atoms with Gasteiger partial charge in [0.1, 0.15) is 5.25 Å². The van der Waals surface area contributed by atoms with Crippen LogP contribution in [-0.4, -0.2) is 49.2 Å². The SMILES string of the molecule is CC1CN(C(=O)C(C)S(C)(=O)=O)CCC1Cl. The summed E-state index contributed by atoms with van der Waals surface area (Å²) in [6.07, 6.45) is 1.82. The van der Waals surface area contributed by atoms with Gasteiger partial charge in [-0.25, -0.2) is 8.42 Å². The fraction of sp³-hybridized carbons (Fsp3) is 0.900. The molecule has 4 nitrogen and oxygen atoms in total. The minimum Gasteiger partial charge on any atom is -0.341 e. The normalized spacial score (nSPS) is 28.9. The number of hydrogen-bond acceptors (Lipinski definition) is 3. The average molecular weight is 268 g/mol. The van der Waals surface area contributed by atoms with Crippen molar-refractivity contribution in [3.8, 4) is 0 Å². The predicted molar refractivity (Wildman–Crippen MR) is 64.3 cm³/mol. The van der Waals surface area contributed by atoms with E-state index < -0.39 is 15.1 Å². The Labute approximate surface area is 102 Å². The lowest BCUT2D eigenvalue weighted by atomic mass is 9.99. The molecule has 0 spiro atoms. The van der Waals surface area contributed by atoms with E-state index in [-0.39, 0.29) is 17.2 Å². The van der Waals surface area contributed by atoms with Crippen LogP contribution in [0.25, 0.3) is 0 Å². The number of hydrogen-bond donors (Lipinski definition) is 0. The molecule has 0 aliphatic carbocycles. The van der Waals surface area contributed by atoms with E-state index >= 15 is 0 Å². The molecule has 16 heavy (non-hydrogen) atoms. The Kier molecular flexibility index (Phi) is 4.23. The molecule has 1 saturated heterocycles. The summed E-state index contributed by atoms with van der Waals surface area (Å²) < 4.78 is 22.6. The summed E-state index contributed by atoms with van der Waals surface area (Å²) in [5.41, 5.74) is 0. The van der Waals surface area contributed by atoms with Crippen LogP contribution >= 0.6 is 11.6 Å². The monoisotopic (exact) mass is 267 g/mol. The number of amides is 1. The van der Waals surface area contributed by atoms with Gasteiger partial charge in [0.2, 0.25) is 5.91 Å². The van der Waals surface area contributed by atoms with E-state index in [9.17, 15) is 13.2 Å². The van der Waals surface area contributed by atoms with Crippen molar-refractivity contribution in [1.29, 1.82) is 0 Å². The lowest BCUT2D eigenvalue weighted by Gasteiger charge is -2.35. The maximum atomic E-state index is 11.9. The molecule has 1 heterocycles. The summed E-state index contributed by atoms with van der Waals surface area (Å²) in [4.78, 5) is 13.5. The summed E-state index contributed by atoms with van der Waals surface area (Å²) in [5.74, 6) is -0.0935. The van der Waals surface area contributed by atoms with Gasteiger partial charge in [-0.3, -0.25) is 4.79 Å². The van der Waals surface area contributed by atoms with Gasteiger partial charge < -0.3 is 4.90 Å². The van der Waals surface area contributed by atoms with Crippen molar-refractivity contribution in [2.24, 2.45) is 5.92 Å². The third-order valence-corrected chi connectivity index (χ3v) is 5.24. The predicted octanol–water partition coefficient (Wildman–Crippen LogP) is 0.895. The molecule has 3 unspecified atom stereocenters. The highest BCUT2D eigenvalue weighted by Gasteiger charge is 2.33. The molecule has 6 heteroatoms. The third kappa shape index (κ3) is 3.10. The van der Waals surface area contributed by atoms with Crippen molar-refractivity contribution in [1.82, 2.24) is 4.90 Å². The van der Waals surface area contributed by atoms with Crippen LogP contribution in [0.15, 0.2) is 0 Å². The molecule has 1 aliphatic rings. The maximum absolute atomic E-state index is 11.9. The molecular weight excluding hydrogens is 250 g/mol. The second kappa shape index (κ2) is 4.92. The second-order valence-electron chi connectivity index (χ2n) is 4.54. The van der Waals surface area contributed by atoms with E-state index in [4.69, 9.17) is 11.6 Å². The van der Waals surface area contributed by atoms with Crippen molar-refractivity contribution in [2.45, 2.75) is 30.9 Å². The number of piperidine rings is 1. The summed E-state index contributed by atoms with van der Waals surface area (Å²) in [6.45, 7) is 4.52. The maximum Gasteiger partial charge on any atom is 0.240 e. The molecule has 94 valence electrons. The van der Waals surface area contributed by atoms with Gasteiger partial charge >= 0.3 is 0 Å². The van der Waals surface area contributed by atoms with E-state index in [0.29, 0.717) is 13.1 Å². The van der Waals surface area contributed by atoms with E-state index in [1.54, 1.807) is 4.90 Å². The first-order valence-corrected chi connectivity index (χ1v) is 7.74. The number of likely N-dealkylation sites (tertiary alicyclic amines) is 1. The zero-order valence-corrected chi connectivity index (χ0v) is 11.4. The van der Waals surface area contributed by atoms with Crippen LogP contribution in [0.1, 0.15) is 20.3 Å². The van der Waals surface area contributed by atoms with Gasteiger partial charge in [-0.05, 0) is 19.3 Å². The minimum absolute atomic E-state index is 0.0811. The summed E-state index contributed by atoms with van der Waals surface area (Å²) in [6, 6.07) is 0. The fourth-order valence-electron chi connectivity index (χ4n) is 1.76. The van der Waals surface area contributed by atoms with Crippen LogP contribution < -0.4 is 0 Å². The molecule has 0 aromatic carbocycles. The van der Waals surface area contributed by atoms with Gasteiger partial charge in [-0.2, -0.15) is 0 Å². The van der Waals surface area contributed by atoms with Crippen LogP contribution in [0, 0.1) is 5.92 Å². The highest BCUT2D eigenvalue weighted by atomic mass is 35.5. The quantitative estimate of drug-likeness (QED) is 0.699. The third-order valence-electron chi connectivity index (χ3n) is 3.10. The molecule has 0 N–H and O–H groups in total. The Balaban J connectivity index is 2.69. The zero-order valence-electron chi connectivity index (χ0n) is 9.81. The summed E-state index contributed by atoms with van der Waals surface area (Å²) in [5, 5.41) is -0.871. The number of carbonyl (C=O) groups excluding carboxylic acids is 1. The van der Waals surface area contributed by atoms with Crippen molar-refractivity contribution in [3.05, 3.63) is 0 Å². The van der Waals surface area contributed by atoms with Gasteiger partial charge in [0.15, 0.2) is 9.84 Å². The zero-order chi connectivity index (χ0) is 12.5. The van der Waals surface area contributed by atoms with Crippen molar-refractivity contribution < 1.29 is 13.2 Å². The first-order valence-electron chi connectivity index (χ1n) is 5.35. The summed E-state index contributed by atoms with van der Waals surface area (Å²) in [7, 11) is -3.31. The average Bonchev–Trinajstić information content (AvgIpc) is 2.18. The van der Waals surface area contributed by atoms with Crippen LogP contribution in [0.3, 0.4) is 0 Å². The number of rotatable bonds is 2. The topological polar surface area (TPSA) is 54.5 Å². The first kappa shape index (κ1) is 13.8. The van der Waals surface area contributed by atoms with E-state index in [2.05, 4.69) is 0 Å². The minimum atomic E-state index is -3.31. The fourth-order valence-corrected chi connectivity index (χ4v) is 2.45. The molecule has 0 radical (unpaired) electrons. The molecule has 1 fully saturated rings. The molecule has 1 rings (SSSR count). The molecule has 0 aromatic heterocycles. The molecule has 0 saturated carbocycles. The Bertz CT molecular complexity index is 368. The second-order valence-corrected chi connectivity index (χ2v) is 7.46. The van der Waals surface area contributed by atoms with Crippen LogP contribution in [-0.2, 0) is 14.6 Å². The molecule has 1 amide bonds. The number of carbonyl (C=O) groups is 1. The number of halogens is 1. The smallest absolute Gasteiger partial charge is 0.240 e. The van der Waals surface area contributed by atoms with Crippen LogP contribution in [0.5, 0.6) is 0 Å². The highest BCUT2D eigenvalue weighted by Crippen LogP contribution is 2.22. The van der Waals surface area contributed by atoms with Crippen LogP contribution in [0.2, 0.25) is 0 Å². The molecule has 1 aliphatic heterocycles. The first-order chi connectivity index (χ1) is 7.23. The van der Waals surface area contributed by atoms with Crippen molar-refractivity contribution in [2.75, 3.05) is 19.3 Å². The molecular formula is C10H18ClNO3S. The number of alkyl halides is 1. The molecule has 0 bridgehead atoms. The van der Waals surface area contributed by atoms with Gasteiger partial charge in [0.05, 0.1) is 0 Å². The lowest BCUT2D eigenvalue weighted by Crippen LogP contribution is -2.48. The largest absolute Gasteiger partial charge is 0.341 e. The number of nitrogens with zero attached hydrogens (tertiary/aromatic N) is 1.